The first-order chi connectivity index (χ1) is 14.1. The Labute approximate surface area is 173 Å². The molecule has 1 aliphatic carbocycles. The molecule has 6 atom stereocenters. The quantitative estimate of drug-likeness (QED) is 0.317. The molecule has 4 rings (SSSR count). The SMILES string of the molecule is CNC(=O)C1CCN(C2CC(NC3CCC(C4CC4)NC3)C(C(=O)NC)NN2)C1. The van der Waals surface area contributed by atoms with Crippen molar-refractivity contribution in [3.8, 4) is 0 Å². The maximum absolute atomic E-state index is 12.4. The van der Waals surface area contributed by atoms with Crippen molar-refractivity contribution in [1.82, 2.24) is 37.0 Å². The fourth-order valence-corrected chi connectivity index (χ4v) is 5.24. The molecule has 9 heteroatoms. The molecule has 0 aromatic carbocycles. The Balaban J connectivity index is 1.34. The smallest absolute Gasteiger partial charge is 0.239 e. The van der Waals surface area contributed by atoms with Crippen LogP contribution < -0.4 is 32.1 Å². The lowest BCUT2D eigenvalue weighted by atomic mass is 9.94. The van der Waals surface area contributed by atoms with Crippen molar-refractivity contribution < 1.29 is 9.59 Å². The summed E-state index contributed by atoms with van der Waals surface area (Å²) in [7, 11) is 3.38. The van der Waals surface area contributed by atoms with E-state index in [4.69, 9.17) is 0 Å². The van der Waals surface area contributed by atoms with Gasteiger partial charge in [0, 0.05) is 51.9 Å². The lowest BCUT2D eigenvalue weighted by Crippen LogP contribution is -2.70. The zero-order valence-electron chi connectivity index (χ0n) is 17.7. The maximum atomic E-state index is 12.4. The van der Waals surface area contributed by atoms with Gasteiger partial charge in [-0.1, -0.05) is 0 Å². The van der Waals surface area contributed by atoms with Crippen LogP contribution in [0.2, 0.25) is 0 Å². The van der Waals surface area contributed by atoms with Crippen LogP contribution in [0, 0.1) is 11.8 Å². The molecule has 4 aliphatic rings. The third kappa shape index (κ3) is 4.91. The van der Waals surface area contributed by atoms with Gasteiger partial charge in [-0.25, -0.2) is 10.9 Å². The predicted molar refractivity (Wildman–Crippen MR) is 111 cm³/mol. The number of nitrogens with one attached hydrogen (secondary N) is 6. The van der Waals surface area contributed by atoms with Gasteiger partial charge in [-0.3, -0.25) is 14.5 Å². The summed E-state index contributed by atoms with van der Waals surface area (Å²) in [5, 5.41) is 13.0. The van der Waals surface area contributed by atoms with E-state index in [-0.39, 0.29) is 36.0 Å². The van der Waals surface area contributed by atoms with Gasteiger partial charge >= 0.3 is 0 Å². The zero-order valence-corrected chi connectivity index (χ0v) is 17.7. The number of carbonyl (C=O) groups is 2. The molecule has 0 aromatic heterocycles. The Kier molecular flexibility index (Phi) is 6.70. The number of hydrazine groups is 1. The molecule has 3 aliphatic heterocycles. The van der Waals surface area contributed by atoms with E-state index >= 15 is 0 Å². The standard InChI is InChI=1S/C20H37N7O2/c1-21-19(28)13-7-8-27(11-13)17-9-16(18(26-25-17)20(29)22-2)24-14-5-6-15(23-10-14)12-3-4-12/h12-18,23-26H,3-11H2,1-2H3,(H,21,28)(H,22,29). The molecule has 0 aromatic rings. The second kappa shape index (κ2) is 9.26. The topological polar surface area (TPSA) is 110 Å². The molecule has 0 spiro atoms. The number of carbonyl (C=O) groups excluding carboxylic acids is 2. The fraction of sp³-hybridized carbons (Fsp3) is 0.900. The number of amides is 2. The lowest BCUT2D eigenvalue weighted by Gasteiger charge is -2.43. The first-order valence-corrected chi connectivity index (χ1v) is 11.3. The molecule has 9 nitrogen and oxygen atoms in total. The summed E-state index contributed by atoms with van der Waals surface area (Å²) in [5.41, 5.74) is 6.57. The number of hydrogen-bond donors (Lipinski definition) is 6. The largest absolute Gasteiger partial charge is 0.359 e. The summed E-state index contributed by atoms with van der Waals surface area (Å²) in [5.74, 6) is 1.06. The molecule has 6 N–H and O–H groups in total. The number of likely N-dealkylation sites (N-methyl/N-ethyl adjacent to an activating group) is 1. The molecule has 1 saturated carbocycles. The molecule has 164 valence electrons. The number of hydrogen-bond acceptors (Lipinski definition) is 7. The van der Waals surface area contributed by atoms with Crippen LogP contribution in [0.25, 0.3) is 0 Å². The number of likely N-dealkylation sites (tertiary alicyclic amines) is 1. The summed E-state index contributed by atoms with van der Waals surface area (Å²) >= 11 is 0. The molecule has 0 radical (unpaired) electrons. The van der Waals surface area contributed by atoms with Crippen molar-refractivity contribution in [2.24, 2.45) is 11.8 Å². The van der Waals surface area contributed by atoms with E-state index in [2.05, 4.69) is 37.0 Å². The van der Waals surface area contributed by atoms with E-state index in [1.165, 1.54) is 19.3 Å². The van der Waals surface area contributed by atoms with Crippen molar-refractivity contribution in [1.29, 1.82) is 0 Å². The maximum Gasteiger partial charge on any atom is 0.239 e. The highest BCUT2D eigenvalue weighted by atomic mass is 16.2. The first kappa shape index (κ1) is 21.0. The van der Waals surface area contributed by atoms with Gasteiger partial charge in [0.1, 0.15) is 6.04 Å². The molecule has 3 heterocycles. The summed E-state index contributed by atoms with van der Waals surface area (Å²) in [6.07, 6.45) is 6.94. The van der Waals surface area contributed by atoms with Crippen molar-refractivity contribution in [3.63, 3.8) is 0 Å². The molecule has 29 heavy (non-hydrogen) atoms. The highest BCUT2D eigenvalue weighted by Crippen LogP contribution is 2.35. The van der Waals surface area contributed by atoms with Crippen LogP contribution in [0.4, 0.5) is 0 Å². The van der Waals surface area contributed by atoms with E-state index in [1.807, 2.05) is 0 Å². The summed E-state index contributed by atoms with van der Waals surface area (Å²) in [4.78, 5) is 26.7. The van der Waals surface area contributed by atoms with Crippen molar-refractivity contribution in [2.45, 2.75) is 68.9 Å². The van der Waals surface area contributed by atoms with Crippen LogP contribution in [-0.2, 0) is 9.59 Å². The Morgan fingerprint density at radius 2 is 1.76 bits per heavy atom. The molecule has 2 amide bonds. The minimum Gasteiger partial charge on any atom is -0.359 e. The van der Waals surface area contributed by atoms with Crippen LogP contribution in [0.5, 0.6) is 0 Å². The van der Waals surface area contributed by atoms with Crippen LogP contribution in [0.3, 0.4) is 0 Å². The highest BCUT2D eigenvalue weighted by Gasteiger charge is 2.41. The second-order valence-electron chi connectivity index (χ2n) is 9.13. The summed E-state index contributed by atoms with van der Waals surface area (Å²) < 4.78 is 0. The average Bonchev–Trinajstić information content (AvgIpc) is 3.49. The molecule has 6 unspecified atom stereocenters. The molecule has 0 bridgehead atoms. The Hall–Kier alpha value is -1.26. The van der Waals surface area contributed by atoms with Crippen LogP contribution >= 0.6 is 0 Å². The minimum absolute atomic E-state index is 0.00210. The van der Waals surface area contributed by atoms with Gasteiger partial charge in [0.25, 0.3) is 0 Å². The molecule has 4 fully saturated rings. The van der Waals surface area contributed by atoms with Gasteiger partial charge in [0.15, 0.2) is 0 Å². The third-order valence-corrected chi connectivity index (χ3v) is 7.18. The van der Waals surface area contributed by atoms with Gasteiger partial charge in [0.2, 0.25) is 11.8 Å². The van der Waals surface area contributed by atoms with Gasteiger partial charge in [-0.2, -0.15) is 0 Å². The van der Waals surface area contributed by atoms with Crippen molar-refractivity contribution in [3.05, 3.63) is 0 Å². The number of nitrogens with zero attached hydrogens (tertiary/aromatic N) is 1. The Morgan fingerprint density at radius 3 is 2.41 bits per heavy atom. The van der Waals surface area contributed by atoms with E-state index in [1.54, 1.807) is 14.1 Å². The van der Waals surface area contributed by atoms with Crippen molar-refractivity contribution >= 4 is 11.8 Å². The van der Waals surface area contributed by atoms with Gasteiger partial charge in [0.05, 0.1) is 12.1 Å². The number of rotatable bonds is 6. The Bertz CT molecular complexity index is 591. The normalized spacial score (nSPS) is 38.6. The van der Waals surface area contributed by atoms with Gasteiger partial charge < -0.3 is 21.3 Å². The Morgan fingerprint density at radius 1 is 0.966 bits per heavy atom. The second-order valence-corrected chi connectivity index (χ2v) is 9.13. The monoisotopic (exact) mass is 407 g/mol. The van der Waals surface area contributed by atoms with Gasteiger partial charge in [-0.15, -0.1) is 0 Å². The van der Waals surface area contributed by atoms with Crippen LogP contribution in [0.1, 0.15) is 38.5 Å². The van der Waals surface area contributed by atoms with E-state index in [9.17, 15) is 9.59 Å². The zero-order chi connectivity index (χ0) is 20.4. The highest BCUT2D eigenvalue weighted by molar-refractivity contribution is 5.82. The van der Waals surface area contributed by atoms with E-state index in [0.29, 0.717) is 12.1 Å². The average molecular weight is 408 g/mol. The van der Waals surface area contributed by atoms with E-state index < -0.39 is 0 Å². The van der Waals surface area contributed by atoms with E-state index in [0.717, 1.165) is 44.8 Å². The predicted octanol–water partition coefficient (Wildman–Crippen LogP) is -1.52. The molecular formula is C20H37N7O2. The minimum atomic E-state index is -0.310. The third-order valence-electron chi connectivity index (χ3n) is 7.18. The number of piperidine rings is 1. The fourth-order valence-electron chi connectivity index (χ4n) is 5.24. The van der Waals surface area contributed by atoms with Crippen LogP contribution in [-0.4, -0.2) is 80.8 Å². The van der Waals surface area contributed by atoms with Crippen LogP contribution in [0.15, 0.2) is 0 Å². The molecular weight excluding hydrogens is 370 g/mol. The van der Waals surface area contributed by atoms with Crippen molar-refractivity contribution in [2.75, 3.05) is 33.7 Å². The summed E-state index contributed by atoms with van der Waals surface area (Å²) in [6, 6.07) is 0.812. The summed E-state index contributed by atoms with van der Waals surface area (Å²) in [6.45, 7) is 2.62. The first-order valence-electron chi connectivity index (χ1n) is 11.3. The molecule has 3 saturated heterocycles. The van der Waals surface area contributed by atoms with Gasteiger partial charge in [-0.05, 0) is 44.4 Å². The lowest BCUT2D eigenvalue weighted by molar-refractivity contribution is -0.125.